The lowest BCUT2D eigenvalue weighted by Crippen LogP contribution is -2.04. The fourth-order valence-electron chi connectivity index (χ4n) is 9.04. The topological polar surface area (TPSA) is 35.6 Å². The Morgan fingerprint density at radius 2 is 0.946 bits per heavy atom. The highest BCUT2D eigenvalue weighted by Gasteiger charge is 2.24. The summed E-state index contributed by atoms with van der Waals surface area (Å²) >= 11 is 0. The van der Waals surface area contributed by atoms with Gasteiger partial charge in [-0.15, -0.1) is 0 Å². The van der Waals surface area contributed by atoms with Gasteiger partial charge in [-0.3, -0.25) is 4.57 Å². The van der Waals surface area contributed by atoms with E-state index in [-0.39, 0.29) is 0 Å². The number of aromatic nitrogens is 4. The summed E-state index contributed by atoms with van der Waals surface area (Å²) in [6.45, 7) is 0. The monoisotopic (exact) mass is 712 g/mol. The quantitative estimate of drug-likeness (QED) is 0.182. The highest BCUT2D eigenvalue weighted by Crippen LogP contribution is 2.45. The molecular formula is C52H32N4. The van der Waals surface area contributed by atoms with Crippen LogP contribution in [0.3, 0.4) is 0 Å². The van der Waals surface area contributed by atoms with Gasteiger partial charge in [0.15, 0.2) is 5.82 Å². The summed E-state index contributed by atoms with van der Waals surface area (Å²) in [5, 5.41) is 9.75. The minimum absolute atomic E-state index is 0.813. The predicted octanol–water partition coefficient (Wildman–Crippen LogP) is 13.5. The van der Waals surface area contributed by atoms with Crippen molar-refractivity contribution >= 4 is 76.2 Å². The summed E-state index contributed by atoms with van der Waals surface area (Å²) in [5.41, 5.74) is 11.7. The summed E-state index contributed by atoms with van der Waals surface area (Å²) in [4.78, 5) is 10.8. The molecule has 0 N–H and O–H groups in total. The average molecular weight is 713 g/mol. The van der Waals surface area contributed by atoms with E-state index in [9.17, 15) is 0 Å². The molecular weight excluding hydrogens is 681 g/mol. The van der Waals surface area contributed by atoms with Gasteiger partial charge in [0.25, 0.3) is 0 Å². The lowest BCUT2D eigenvalue weighted by molar-refractivity contribution is 1.08. The van der Waals surface area contributed by atoms with Crippen LogP contribution >= 0.6 is 0 Å². The van der Waals surface area contributed by atoms with Crippen LogP contribution in [0.1, 0.15) is 0 Å². The van der Waals surface area contributed by atoms with Crippen LogP contribution in [-0.2, 0) is 0 Å². The van der Waals surface area contributed by atoms with Gasteiger partial charge in [0.1, 0.15) is 5.69 Å². The highest BCUT2D eigenvalue weighted by atomic mass is 15.1. The molecule has 0 aliphatic heterocycles. The normalized spacial score (nSPS) is 11.9. The maximum Gasteiger partial charge on any atom is 0.165 e. The van der Waals surface area contributed by atoms with Gasteiger partial charge in [-0.05, 0) is 87.3 Å². The van der Waals surface area contributed by atoms with Gasteiger partial charge < -0.3 is 4.57 Å². The third kappa shape index (κ3) is 4.47. The first-order valence-corrected chi connectivity index (χ1v) is 19.1. The Morgan fingerprint density at radius 1 is 0.339 bits per heavy atom. The first-order chi connectivity index (χ1) is 27.8. The number of para-hydroxylation sites is 4. The second-order valence-corrected chi connectivity index (χ2v) is 14.6. The molecule has 4 nitrogen and oxygen atoms in total. The van der Waals surface area contributed by atoms with Crippen molar-refractivity contribution in [3.05, 3.63) is 194 Å². The molecule has 9 aromatic carbocycles. The van der Waals surface area contributed by atoms with Crippen molar-refractivity contribution in [3.63, 3.8) is 0 Å². The van der Waals surface area contributed by atoms with E-state index >= 15 is 0 Å². The maximum atomic E-state index is 5.46. The molecule has 0 unspecified atom stereocenters. The largest absolute Gasteiger partial charge is 0.309 e. The molecule has 0 amide bonds. The van der Waals surface area contributed by atoms with Gasteiger partial charge in [-0.2, -0.15) is 0 Å². The molecule has 0 atom stereocenters. The van der Waals surface area contributed by atoms with E-state index in [2.05, 4.69) is 191 Å². The molecule has 3 aromatic heterocycles. The molecule has 0 radical (unpaired) electrons. The van der Waals surface area contributed by atoms with E-state index in [0.29, 0.717) is 0 Å². The van der Waals surface area contributed by atoms with Crippen LogP contribution in [-0.4, -0.2) is 19.1 Å². The van der Waals surface area contributed by atoms with E-state index in [4.69, 9.17) is 9.97 Å². The molecule has 3 heterocycles. The molecule has 0 saturated heterocycles. The lowest BCUT2D eigenvalue weighted by Gasteiger charge is -2.15. The van der Waals surface area contributed by atoms with Gasteiger partial charge in [-0.25, -0.2) is 9.97 Å². The average Bonchev–Trinajstić information content (AvgIpc) is 3.79. The molecule has 12 aromatic rings. The number of rotatable bonds is 4. The van der Waals surface area contributed by atoms with Crippen molar-refractivity contribution < 1.29 is 0 Å². The molecule has 0 bridgehead atoms. The Kier molecular flexibility index (Phi) is 6.60. The SMILES string of the molecule is c1ccc(-c2nc3ccccc3nc2-n2c3ccc4ccccc4c3c3c4ccccc4c(-c4ccc5c(c4)c4ccccc4n5-c4ccccc4)cc32)cc1. The summed E-state index contributed by atoms with van der Waals surface area (Å²) < 4.78 is 4.75. The maximum absolute atomic E-state index is 5.46. The number of hydrogen-bond acceptors (Lipinski definition) is 2. The van der Waals surface area contributed by atoms with E-state index in [0.717, 1.165) is 44.8 Å². The first kappa shape index (κ1) is 30.9. The third-order valence-corrected chi connectivity index (χ3v) is 11.5. The Hall–Kier alpha value is -7.56. The molecule has 0 saturated carbocycles. The van der Waals surface area contributed by atoms with Gasteiger partial charge in [-0.1, -0.05) is 140 Å². The summed E-state index contributed by atoms with van der Waals surface area (Å²) in [6, 6.07) is 69.6. The summed E-state index contributed by atoms with van der Waals surface area (Å²) in [6.07, 6.45) is 0. The smallest absolute Gasteiger partial charge is 0.165 e. The van der Waals surface area contributed by atoms with Crippen LogP contribution < -0.4 is 0 Å². The molecule has 0 spiro atoms. The molecule has 0 aliphatic rings. The Labute approximate surface area is 322 Å². The predicted molar refractivity (Wildman–Crippen MR) is 234 cm³/mol. The molecule has 0 aliphatic carbocycles. The highest BCUT2D eigenvalue weighted by molar-refractivity contribution is 6.30. The zero-order valence-electron chi connectivity index (χ0n) is 30.3. The first-order valence-electron chi connectivity index (χ1n) is 19.1. The zero-order valence-corrected chi connectivity index (χ0v) is 30.3. The third-order valence-electron chi connectivity index (χ3n) is 11.5. The second kappa shape index (κ2) is 12.0. The second-order valence-electron chi connectivity index (χ2n) is 14.6. The standard InChI is InChI=1S/C52H32N4/c1-3-16-34(17-4-1)51-52(54-44-25-13-12-24-43(44)53-51)56-47-30-27-33-15-7-8-20-37(33)49(47)50-40-23-10-9-21-38(40)41(32-48(50)56)35-28-29-46-42(31-35)39-22-11-14-26-45(39)55(46)36-18-5-2-6-19-36/h1-32H. The Morgan fingerprint density at radius 3 is 1.77 bits per heavy atom. The van der Waals surface area contributed by atoms with Gasteiger partial charge in [0, 0.05) is 32.8 Å². The van der Waals surface area contributed by atoms with E-state index in [1.807, 2.05) is 12.1 Å². The molecule has 12 rings (SSSR count). The van der Waals surface area contributed by atoms with Crippen LogP contribution in [0, 0.1) is 0 Å². The van der Waals surface area contributed by atoms with E-state index in [1.54, 1.807) is 0 Å². The van der Waals surface area contributed by atoms with Crippen molar-refractivity contribution in [2.24, 2.45) is 0 Å². The summed E-state index contributed by atoms with van der Waals surface area (Å²) in [7, 11) is 0. The Bertz CT molecular complexity index is 3520. The number of hydrogen-bond donors (Lipinski definition) is 0. The molecule has 260 valence electrons. The minimum Gasteiger partial charge on any atom is -0.309 e. The van der Waals surface area contributed by atoms with E-state index in [1.165, 1.54) is 65.3 Å². The van der Waals surface area contributed by atoms with Crippen LogP contribution in [0.4, 0.5) is 0 Å². The van der Waals surface area contributed by atoms with Crippen LogP contribution in [0.25, 0.3) is 110 Å². The van der Waals surface area contributed by atoms with Gasteiger partial charge in [0.2, 0.25) is 0 Å². The van der Waals surface area contributed by atoms with Crippen molar-refractivity contribution in [2.45, 2.75) is 0 Å². The van der Waals surface area contributed by atoms with Crippen LogP contribution in [0.5, 0.6) is 0 Å². The van der Waals surface area contributed by atoms with Crippen LogP contribution in [0.15, 0.2) is 194 Å². The van der Waals surface area contributed by atoms with Crippen molar-refractivity contribution in [1.82, 2.24) is 19.1 Å². The molecule has 4 heteroatoms. The van der Waals surface area contributed by atoms with Crippen molar-refractivity contribution in [1.29, 1.82) is 0 Å². The van der Waals surface area contributed by atoms with E-state index < -0.39 is 0 Å². The zero-order chi connectivity index (χ0) is 36.7. The summed E-state index contributed by atoms with van der Waals surface area (Å²) in [5.74, 6) is 0.813. The van der Waals surface area contributed by atoms with Crippen molar-refractivity contribution in [3.8, 4) is 33.9 Å². The Balaban J connectivity index is 1.23. The van der Waals surface area contributed by atoms with Gasteiger partial charge >= 0.3 is 0 Å². The van der Waals surface area contributed by atoms with Crippen LogP contribution in [0.2, 0.25) is 0 Å². The van der Waals surface area contributed by atoms with Crippen molar-refractivity contribution in [2.75, 3.05) is 0 Å². The lowest BCUT2D eigenvalue weighted by atomic mass is 9.93. The molecule has 56 heavy (non-hydrogen) atoms. The minimum atomic E-state index is 0.813. The number of benzene rings is 9. The fourth-order valence-corrected chi connectivity index (χ4v) is 9.04. The number of fused-ring (bicyclic) bond motifs is 11. The fraction of sp³-hybridized carbons (Fsp3) is 0. The molecule has 0 fully saturated rings. The van der Waals surface area contributed by atoms with Gasteiger partial charge in [0.05, 0.1) is 33.1 Å². The number of nitrogens with zero attached hydrogens (tertiary/aromatic N) is 4.